The van der Waals surface area contributed by atoms with Gasteiger partial charge in [-0.3, -0.25) is 9.69 Å². The van der Waals surface area contributed by atoms with Gasteiger partial charge in [0.1, 0.15) is 0 Å². The lowest BCUT2D eigenvalue weighted by Crippen LogP contribution is -2.43. The second-order valence-corrected chi connectivity index (χ2v) is 9.65. The first-order valence-corrected chi connectivity index (χ1v) is 12.1. The lowest BCUT2D eigenvalue weighted by Gasteiger charge is -2.32. The van der Waals surface area contributed by atoms with E-state index < -0.39 is 0 Å². The fourth-order valence-electron chi connectivity index (χ4n) is 3.53. The molecule has 156 valence electrons. The van der Waals surface area contributed by atoms with Crippen LogP contribution in [-0.2, 0) is 12.3 Å². The summed E-state index contributed by atoms with van der Waals surface area (Å²) >= 11 is 3.46. The van der Waals surface area contributed by atoms with Crippen LogP contribution < -0.4 is 5.32 Å². The summed E-state index contributed by atoms with van der Waals surface area (Å²) in [6, 6.07) is 20.3. The molecule has 1 amide bonds. The van der Waals surface area contributed by atoms with E-state index in [1.807, 2.05) is 36.4 Å². The molecule has 0 unspecified atom stereocenters. The zero-order valence-electron chi connectivity index (χ0n) is 17.2. The normalized spacial score (nSPS) is 15.2. The predicted octanol–water partition coefficient (Wildman–Crippen LogP) is 5.04. The summed E-state index contributed by atoms with van der Waals surface area (Å²) in [6.07, 6.45) is 0. The molecule has 4 nitrogen and oxygen atoms in total. The van der Waals surface area contributed by atoms with E-state index in [4.69, 9.17) is 0 Å². The molecule has 0 radical (unpaired) electrons. The maximum absolute atomic E-state index is 13.0. The van der Waals surface area contributed by atoms with Crippen LogP contribution in [0.15, 0.2) is 70.9 Å². The van der Waals surface area contributed by atoms with E-state index in [9.17, 15) is 4.79 Å². The third-order valence-electron chi connectivity index (χ3n) is 5.27. The summed E-state index contributed by atoms with van der Waals surface area (Å²) < 4.78 is 0. The second-order valence-electron chi connectivity index (χ2n) is 7.60. The zero-order valence-corrected chi connectivity index (χ0v) is 18.8. The number of thioether (sulfide) groups is 1. The number of anilines is 1. The third kappa shape index (κ3) is 5.73. The van der Waals surface area contributed by atoms with Gasteiger partial charge in [0, 0.05) is 53.9 Å². The minimum Gasteiger partial charge on any atom is -0.322 e. The molecule has 6 heteroatoms. The summed E-state index contributed by atoms with van der Waals surface area (Å²) in [6.45, 7) is 5.31. The summed E-state index contributed by atoms with van der Waals surface area (Å²) in [5.74, 6) is 0.823. The average molecular weight is 438 g/mol. The van der Waals surface area contributed by atoms with E-state index in [0.717, 1.165) is 54.6 Å². The van der Waals surface area contributed by atoms with Gasteiger partial charge in [-0.15, -0.1) is 23.1 Å². The molecule has 1 saturated heterocycles. The van der Waals surface area contributed by atoms with Crippen molar-refractivity contribution < 1.29 is 4.79 Å². The number of benzene rings is 2. The topological polar surface area (TPSA) is 35.6 Å². The molecule has 2 aromatic carbocycles. The van der Waals surface area contributed by atoms with Crippen LogP contribution in [0.25, 0.3) is 0 Å². The van der Waals surface area contributed by atoms with Crippen molar-refractivity contribution in [2.45, 2.75) is 17.2 Å². The largest absolute Gasteiger partial charge is 0.322 e. The first kappa shape index (κ1) is 21.1. The Morgan fingerprint density at radius 3 is 2.67 bits per heavy atom. The summed E-state index contributed by atoms with van der Waals surface area (Å²) in [7, 11) is 2.17. The standard InChI is InChI=1S/C24H27N3OS2/c1-26-11-13-27(14-12-26)17-19-6-4-7-20(16-19)25-24(28)22-9-2-3-10-23(22)30-18-21-8-5-15-29-21/h2-10,15-16H,11-14,17-18H2,1H3,(H,25,28). The quantitative estimate of drug-likeness (QED) is 0.525. The molecule has 4 rings (SSSR count). The number of carbonyl (C=O) groups excluding carboxylic acids is 1. The highest BCUT2D eigenvalue weighted by atomic mass is 32.2. The summed E-state index contributed by atoms with van der Waals surface area (Å²) in [4.78, 5) is 20.2. The molecule has 0 aliphatic carbocycles. The zero-order chi connectivity index (χ0) is 20.8. The molecule has 0 saturated carbocycles. The smallest absolute Gasteiger partial charge is 0.256 e. The number of thiophene rings is 1. The molecule has 30 heavy (non-hydrogen) atoms. The third-order valence-corrected chi connectivity index (χ3v) is 7.45. The van der Waals surface area contributed by atoms with Crippen molar-refractivity contribution >= 4 is 34.7 Å². The van der Waals surface area contributed by atoms with Crippen molar-refractivity contribution in [2.75, 3.05) is 38.5 Å². The Kier molecular flexibility index (Phi) is 7.23. The Labute approximate surface area is 186 Å². The number of rotatable bonds is 7. The van der Waals surface area contributed by atoms with Crippen LogP contribution in [0.5, 0.6) is 0 Å². The van der Waals surface area contributed by atoms with Gasteiger partial charge >= 0.3 is 0 Å². The van der Waals surface area contributed by atoms with Gasteiger partial charge in [0.2, 0.25) is 0 Å². The van der Waals surface area contributed by atoms with E-state index in [1.54, 1.807) is 23.1 Å². The minimum atomic E-state index is -0.0546. The number of hydrogen-bond donors (Lipinski definition) is 1. The van der Waals surface area contributed by atoms with Crippen molar-refractivity contribution in [2.24, 2.45) is 0 Å². The van der Waals surface area contributed by atoms with Gasteiger partial charge in [-0.1, -0.05) is 30.3 Å². The molecule has 1 fully saturated rings. The fourth-order valence-corrected chi connectivity index (χ4v) is 5.36. The highest BCUT2D eigenvalue weighted by Gasteiger charge is 2.15. The van der Waals surface area contributed by atoms with Crippen LogP contribution in [-0.4, -0.2) is 48.9 Å². The molecule has 1 N–H and O–H groups in total. The first-order valence-electron chi connectivity index (χ1n) is 10.2. The van der Waals surface area contributed by atoms with Gasteiger partial charge in [0.05, 0.1) is 5.56 Å². The predicted molar refractivity (Wildman–Crippen MR) is 127 cm³/mol. The molecule has 0 atom stereocenters. The lowest BCUT2D eigenvalue weighted by molar-refractivity contribution is 0.102. The number of carbonyl (C=O) groups is 1. The Bertz CT molecular complexity index is 966. The van der Waals surface area contributed by atoms with E-state index in [2.05, 4.69) is 51.8 Å². The van der Waals surface area contributed by atoms with Gasteiger partial charge in [0.15, 0.2) is 0 Å². The maximum atomic E-state index is 13.0. The lowest BCUT2D eigenvalue weighted by atomic mass is 10.1. The Morgan fingerprint density at radius 2 is 1.87 bits per heavy atom. The second kappa shape index (κ2) is 10.3. The maximum Gasteiger partial charge on any atom is 0.256 e. The number of piperazine rings is 1. The van der Waals surface area contributed by atoms with Crippen molar-refractivity contribution in [3.63, 3.8) is 0 Å². The van der Waals surface area contributed by atoms with Crippen molar-refractivity contribution in [1.29, 1.82) is 0 Å². The number of likely N-dealkylation sites (N-methyl/N-ethyl adjacent to an activating group) is 1. The van der Waals surface area contributed by atoms with Crippen molar-refractivity contribution in [3.8, 4) is 0 Å². The Hall–Kier alpha value is -2.12. The van der Waals surface area contributed by atoms with Gasteiger partial charge in [-0.05, 0) is 48.3 Å². The monoisotopic (exact) mass is 437 g/mol. The van der Waals surface area contributed by atoms with Crippen LogP contribution >= 0.6 is 23.1 Å². The van der Waals surface area contributed by atoms with Crippen LogP contribution in [0.1, 0.15) is 20.8 Å². The first-order chi connectivity index (χ1) is 14.7. The van der Waals surface area contributed by atoms with E-state index in [-0.39, 0.29) is 5.91 Å². The molecule has 0 bridgehead atoms. The van der Waals surface area contributed by atoms with E-state index >= 15 is 0 Å². The van der Waals surface area contributed by atoms with Crippen molar-refractivity contribution in [3.05, 3.63) is 82.0 Å². The molecule has 1 aliphatic rings. The molecule has 0 spiro atoms. The van der Waals surface area contributed by atoms with Gasteiger partial charge in [-0.2, -0.15) is 0 Å². The van der Waals surface area contributed by atoms with E-state index in [1.165, 1.54) is 10.4 Å². The highest BCUT2D eigenvalue weighted by Crippen LogP contribution is 2.28. The van der Waals surface area contributed by atoms with Gasteiger partial charge < -0.3 is 10.2 Å². The fraction of sp³-hybridized carbons (Fsp3) is 0.292. The number of amides is 1. The Balaban J connectivity index is 1.40. The average Bonchev–Trinajstić information content (AvgIpc) is 3.28. The number of nitrogens with zero attached hydrogens (tertiary/aromatic N) is 2. The van der Waals surface area contributed by atoms with Crippen LogP contribution in [0.2, 0.25) is 0 Å². The molecule has 3 aromatic rings. The summed E-state index contributed by atoms with van der Waals surface area (Å²) in [5, 5.41) is 5.19. The Morgan fingerprint density at radius 1 is 1.03 bits per heavy atom. The highest BCUT2D eigenvalue weighted by molar-refractivity contribution is 7.98. The van der Waals surface area contributed by atoms with Gasteiger partial charge in [-0.25, -0.2) is 0 Å². The molecule has 2 heterocycles. The van der Waals surface area contributed by atoms with Gasteiger partial charge in [0.25, 0.3) is 5.91 Å². The molecule has 1 aromatic heterocycles. The van der Waals surface area contributed by atoms with Crippen LogP contribution in [0.4, 0.5) is 5.69 Å². The van der Waals surface area contributed by atoms with Crippen LogP contribution in [0.3, 0.4) is 0 Å². The van der Waals surface area contributed by atoms with Crippen molar-refractivity contribution in [1.82, 2.24) is 9.80 Å². The SMILES string of the molecule is CN1CCN(Cc2cccc(NC(=O)c3ccccc3SCc3cccs3)c2)CC1. The molecular formula is C24H27N3OS2. The minimum absolute atomic E-state index is 0.0546. The van der Waals surface area contributed by atoms with Crippen LogP contribution in [0, 0.1) is 0 Å². The molecule has 1 aliphatic heterocycles. The summed E-state index contributed by atoms with van der Waals surface area (Å²) in [5.41, 5.74) is 2.81. The molecular weight excluding hydrogens is 410 g/mol. The van der Waals surface area contributed by atoms with E-state index in [0.29, 0.717) is 0 Å². The number of hydrogen-bond acceptors (Lipinski definition) is 5. The number of nitrogens with one attached hydrogen (secondary N) is 1.